The summed E-state index contributed by atoms with van der Waals surface area (Å²) in [5, 5.41) is 6.46. The Morgan fingerprint density at radius 2 is 1.36 bits per heavy atom. The van der Waals surface area contributed by atoms with Crippen molar-refractivity contribution in [2.45, 2.75) is 6.42 Å². The molecule has 0 spiro atoms. The topological polar surface area (TPSA) is 76.1 Å². The van der Waals surface area contributed by atoms with Gasteiger partial charge in [-0.3, -0.25) is 0 Å². The maximum Gasteiger partial charge on any atom is 0.00772 e. The summed E-state index contributed by atoms with van der Waals surface area (Å²) in [5.41, 5.74) is 10.6. The van der Waals surface area contributed by atoms with Crippen molar-refractivity contribution >= 4 is 0 Å². The first-order chi connectivity index (χ1) is 5.41. The van der Waals surface area contributed by atoms with E-state index in [1.807, 2.05) is 0 Å². The lowest BCUT2D eigenvalue weighted by molar-refractivity contribution is 0.602. The van der Waals surface area contributed by atoms with Crippen molar-refractivity contribution in [3.8, 4) is 0 Å². The van der Waals surface area contributed by atoms with Gasteiger partial charge in [0.1, 0.15) is 0 Å². The van der Waals surface area contributed by atoms with E-state index in [-0.39, 0.29) is 0 Å². The van der Waals surface area contributed by atoms with Crippen LogP contribution in [0.1, 0.15) is 6.42 Å². The van der Waals surface area contributed by atoms with Crippen LogP contribution >= 0.6 is 0 Å². The molecule has 0 bridgehead atoms. The second-order valence-corrected chi connectivity index (χ2v) is 2.43. The first-order valence-electron chi connectivity index (χ1n) is 4.23. The van der Waals surface area contributed by atoms with Gasteiger partial charge in [0.25, 0.3) is 0 Å². The minimum Gasteiger partial charge on any atom is -0.330 e. The molecule has 0 aliphatic carbocycles. The van der Waals surface area contributed by atoms with Crippen LogP contribution in [0.3, 0.4) is 0 Å². The molecule has 0 rings (SSSR count). The number of nitrogens with one attached hydrogen (secondary N) is 2. The predicted molar refractivity (Wildman–Crippen MR) is 48.5 cm³/mol. The van der Waals surface area contributed by atoms with Gasteiger partial charge in [0.2, 0.25) is 0 Å². The molecule has 4 nitrogen and oxygen atoms in total. The molecule has 0 aliphatic rings. The van der Waals surface area contributed by atoms with Gasteiger partial charge in [0, 0.05) is 26.2 Å². The molecule has 6 N–H and O–H groups in total. The summed E-state index contributed by atoms with van der Waals surface area (Å²) in [4.78, 5) is 0. The summed E-state index contributed by atoms with van der Waals surface area (Å²) in [6.45, 7) is 5.38. The lowest BCUT2D eigenvalue weighted by Crippen LogP contribution is -2.31. The minimum atomic E-state index is 0.711. The number of nitrogens with two attached hydrogens (primary N) is 2. The molecule has 0 atom stereocenters. The summed E-state index contributed by atoms with van der Waals surface area (Å²) in [6, 6.07) is 0. The van der Waals surface area contributed by atoms with E-state index in [4.69, 9.17) is 11.5 Å². The van der Waals surface area contributed by atoms with Crippen LogP contribution in [0.4, 0.5) is 0 Å². The summed E-state index contributed by atoms with van der Waals surface area (Å²) in [7, 11) is 0. The van der Waals surface area contributed by atoms with Gasteiger partial charge in [-0.15, -0.1) is 0 Å². The van der Waals surface area contributed by atoms with E-state index in [9.17, 15) is 0 Å². The van der Waals surface area contributed by atoms with E-state index >= 15 is 0 Å². The molecule has 0 aromatic rings. The van der Waals surface area contributed by atoms with E-state index in [1.165, 1.54) is 0 Å². The maximum atomic E-state index is 5.32. The lowest BCUT2D eigenvalue weighted by atomic mass is 10.4. The van der Waals surface area contributed by atoms with Gasteiger partial charge in [-0.05, 0) is 19.5 Å². The van der Waals surface area contributed by atoms with Gasteiger partial charge < -0.3 is 22.1 Å². The Balaban J connectivity index is 2.69. The maximum absolute atomic E-state index is 5.32. The van der Waals surface area contributed by atoms with E-state index < -0.39 is 0 Å². The van der Waals surface area contributed by atoms with Crippen molar-refractivity contribution in [1.29, 1.82) is 0 Å². The SMILES string of the molecule is NCCCNCCNCCN. The highest BCUT2D eigenvalue weighted by molar-refractivity contribution is 4.52. The molecule has 0 saturated heterocycles. The van der Waals surface area contributed by atoms with Gasteiger partial charge in [-0.1, -0.05) is 0 Å². The second kappa shape index (κ2) is 9.84. The van der Waals surface area contributed by atoms with Gasteiger partial charge in [-0.2, -0.15) is 0 Å². The molecule has 0 aliphatic heterocycles. The van der Waals surface area contributed by atoms with E-state index in [2.05, 4.69) is 10.6 Å². The normalized spacial score (nSPS) is 10.4. The fourth-order valence-electron chi connectivity index (χ4n) is 0.756. The first-order valence-corrected chi connectivity index (χ1v) is 4.23. The molecule has 0 heterocycles. The number of rotatable bonds is 8. The van der Waals surface area contributed by atoms with Gasteiger partial charge in [0.05, 0.1) is 0 Å². The predicted octanol–water partition coefficient (Wildman–Crippen LogP) is -1.53. The van der Waals surface area contributed by atoms with Crippen LogP contribution in [0.5, 0.6) is 0 Å². The van der Waals surface area contributed by atoms with Gasteiger partial charge in [0.15, 0.2) is 0 Å². The zero-order valence-corrected chi connectivity index (χ0v) is 7.10. The Labute approximate surface area is 68.7 Å². The van der Waals surface area contributed by atoms with Crippen LogP contribution in [0.2, 0.25) is 0 Å². The van der Waals surface area contributed by atoms with Gasteiger partial charge in [-0.25, -0.2) is 0 Å². The molecule has 0 saturated carbocycles. The van der Waals surface area contributed by atoms with Crippen LogP contribution in [0.25, 0.3) is 0 Å². The van der Waals surface area contributed by atoms with Crippen molar-refractivity contribution in [2.24, 2.45) is 11.5 Å². The van der Waals surface area contributed by atoms with Crippen molar-refractivity contribution in [3.63, 3.8) is 0 Å². The van der Waals surface area contributed by atoms with E-state index in [1.54, 1.807) is 0 Å². The third-order valence-corrected chi connectivity index (χ3v) is 1.36. The van der Waals surface area contributed by atoms with Crippen molar-refractivity contribution < 1.29 is 0 Å². The zero-order valence-electron chi connectivity index (χ0n) is 7.10. The van der Waals surface area contributed by atoms with Crippen LogP contribution in [-0.2, 0) is 0 Å². The fraction of sp³-hybridized carbons (Fsp3) is 1.00. The Bertz CT molecular complexity index is 59.5. The molecular weight excluding hydrogens is 140 g/mol. The minimum absolute atomic E-state index is 0.711. The molecule has 0 fully saturated rings. The standard InChI is InChI=1S/C7H20N4/c8-2-1-4-10-6-7-11-5-3-9/h10-11H,1-9H2. The summed E-state index contributed by atoms with van der Waals surface area (Å²) in [5.74, 6) is 0. The number of hydrogen-bond donors (Lipinski definition) is 4. The average molecular weight is 160 g/mol. The smallest absolute Gasteiger partial charge is 0.00772 e. The van der Waals surface area contributed by atoms with E-state index in [0.717, 1.165) is 39.1 Å². The highest BCUT2D eigenvalue weighted by Gasteiger charge is 1.85. The summed E-state index contributed by atoms with van der Waals surface area (Å²) >= 11 is 0. The molecule has 0 amide bonds. The van der Waals surface area contributed by atoms with Crippen molar-refractivity contribution in [2.75, 3.05) is 39.3 Å². The monoisotopic (exact) mass is 160 g/mol. The highest BCUT2D eigenvalue weighted by Crippen LogP contribution is 1.67. The van der Waals surface area contributed by atoms with Crippen LogP contribution in [-0.4, -0.2) is 39.3 Å². The Morgan fingerprint density at radius 1 is 0.727 bits per heavy atom. The number of hydrogen-bond acceptors (Lipinski definition) is 4. The van der Waals surface area contributed by atoms with Crippen LogP contribution in [0, 0.1) is 0 Å². The Morgan fingerprint density at radius 3 is 1.91 bits per heavy atom. The summed E-state index contributed by atoms with van der Waals surface area (Å²) < 4.78 is 0. The highest BCUT2D eigenvalue weighted by atomic mass is 14.9. The van der Waals surface area contributed by atoms with E-state index in [0.29, 0.717) is 6.54 Å². The molecule has 0 unspecified atom stereocenters. The zero-order chi connectivity index (χ0) is 8.36. The molecule has 4 heteroatoms. The largest absolute Gasteiger partial charge is 0.330 e. The molecule has 0 aromatic heterocycles. The first kappa shape index (κ1) is 10.8. The third-order valence-electron chi connectivity index (χ3n) is 1.36. The fourth-order valence-corrected chi connectivity index (χ4v) is 0.756. The van der Waals surface area contributed by atoms with Crippen LogP contribution < -0.4 is 22.1 Å². The molecular formula is C7H20N4. The Kier molecular flexibility index (Phi) is 9.70. The van der Waals surface area contributed by atoms with Crippen LogP contribution in [0.15, 0.2) is 0 Å². The molecule has 0 aromatic carbocycles. The quantitative estimate of drug-likeness (QED) is 0.325. The third kappa shape index (κ3) is 9.84. The van der Waals surface area contributed by atoms with Gasteiger partial charge >= 0.3 is 0 Å². The lowest BCUT2D eigenvalue weighted by Gasteiger charge is -2.03. The average Bonchev–Trinajstić information content (AvgIpc) is 2.03. The van der Waals surface area contributed by atoms with Crippen molar-refractivity contribution in [3.05, 3.63) is 0 Å². The Hall–Kier alpha value is -0.160. The molecule has 68 valence electrons. The summed E-state index contributed by atoms with van der Waals surface area (Å²) in [6.07, 6.45) is 1.05. The van der Waals surface area contributed by atoms with Crippen molar-refractivity contribution in [1.82, 2.24) is 10.6 Å². The molecule has 0 radical (unpaired) electrons. The second-order valence-electron chi connectivity index (χ2n) is 2.43. The molecule has 11 heavy (non-hydrogen) atoms.